The van der Waals surface area contributed by atoms with Crippen LogP contribution in [0, 0.1) is 6.92 Å². The quantitative estimate of drug-likeness (QED) is 0.891. The van der Waals surface area contributed by atoms with Crippen LogP contribution in [0.2, 0.25) is 0 Å². The molecule has 0 radical (unpaired) electrons. The van der Waals surface area contributed by atoms with E-state index < -0.39 is 0 Å². The molecule has 0 aliphatic carbocycles. The Kier molecular flexibility index (Phi) is 5.55. The van der Waals surface area contributed by atoms with Crippen LogP contribution in [-0.4, -0.2) is 65.4 Å². The Morgan fingerprint density at radius 2 is 2.08 bits per heavy atom. The van der Waals surface area contributed by atoms with Crippen LogP contribution >= 0.6 is 11.3 Å². The zero-order valence-electron chi connectivity index (χ0n) is 14.1. The summed E-state index contributed by atoms with van der Waals surface area (Å²) in [6.45, 7) is 6.57. The molecule has 2 aromatic heterocycles. The van der Waals surface area contributed by atoms with E-state index in [4.69, 9.17) is 0 Å². The molecule has 1 atom stereocenters. The number of hydrogen-bond acceptors (Lipinski definition) is 6. The number of hydrogen-bond donors (Lipinski definition) is 1. The van der Waals surface area contributed by atoms with Gasteiger partial charge in [-0.15, -0.1) is 11.3 Å². The van der Waals surface area contributed by atoms with Crippen molar-refractivity contribution in [3.8, 4) is 0 Å². The van der Waals surface area contributed by atoms with Crippen LogP contribution < -0.4 is 5.32 Å². The van der Waals surface area contributed by atoms with Crippen molar-refractivity contribution in [3.05, 3.63) is 46.2 Å². The van der Waals surface area contributed by atoms with Gasteiger partial charge in [-0.1, -0.05) is 6.07 Å². The molecule has 2 aromatic rings. The Morgan fingerprint density at radius 3 is 2.71 bits per heavy atom. The van der Waals surface area contributed by atoms with E-state index in [2.05, 4.69) is 49.6 Å². The summed E-state index contributed by atoms with van der Waals surface area (Å²) in [4.78, 5) is 26.7. The van der Waals surface area contributed by atoms with Crippen LogP contribution in [0.5, 0.6) is 0 Å². The molecule has 0 saturated carbocycles. The fourth-order valence-electron chi connectivity index (χ4n) is 2.81. The summed E-state index contributed by atoms with van der Waals surface area (Å²) in [5.74, 6) is -0.168. The highest BCUT2D eigenvalue weighted by Crippen LogP contribution is 2.25. The first kappa shape index (κ1) is 17.0. The summed E-state index contributed by atoms with van der Waals surface area (Å²) >= 11 is 1.74. The van der Waals surface area contributed by atoms with Crippen molar-refractivity contribution in [3.63, 3.8) is 0 Å². The average molecular weight is 345 g/mol. The first-order chi connectivity index (χ1) is 11.6. The van der Waals surface area contributed by atoms with Crippen molar-refractivity contribution in [2.45, 2.75) is 13.0 Å². The second kappa shape index (κ2) is 7.83. The third-order valence-electron chi connectivity index (χ3n) is 4.32. The van der Waals surface area contributed by atoms with Gasteiger partial charge in [0.2, 0.25) is 0 Å². The second-order valence-corrected chi connectivity index (χ2v) is 7.10. The van der Waals surface area contributed by atoms with E-state index in [1.165, 1.54) is 11.1 Å². The van der Waals surface area contributed by atoms with Gasteiger partial charge in [-0.05, 0) is 25.4 Å². The number of amides is 1. The molecule has 1 saturated heterocycles. The molecule has 1 aliphatic rings. The maximum absolute atomic E-state index is 12.3. The molecule has 6 nitrogen and oxygen atoms in total. The summed E-state index contributed by atoms with van der Waals surface area (Å²) in [5, 5.41) is 5.11. The van der Waals surface area contributed by atoms with E-state index >= 15 is 0 Å². The smallest absolute Gasteiger partial charge is 0.271 e. The predicted octanol–water partition coefficient (Wildman–Crippen LogP) is 1.57. The first-order valence-corrected chi connectivity index (χ1v) is 9.04. The highest BCUT2D eigenvalue weighted by molar-refractivity contribution is 7.10. The SMILES string of the molecule is Cc1cnc(C(=O)NCC(c2cccs2)N2CCN(C)CC2)cn1. The van der Waals surface area contributed by atoms with E-state index in [9.17, 15) is 4.79 Å². The molecule has 7 heteroatoms. The van der Waals surface area contributed by atoms with E-state index in [0.29, 0.717) is 12.2 Å². The zero-order chi connectivity index (χ0) is 16.9. The van der Waals surface area contributed by atoms with E-state index in [1.54, 1.807) is 17.5 Å². The summed E-state index contributed by atoms with van der Waals surface area (Å²) < 4.78 is 0. The minimum atomic E-state index is -0.168. The number of piperazine rings is 1. The normalized spacial score (nSPS) is 17.6. The van der Waals surface area contributed by atoms with Crippen LogP contribution in [0.15, 0.2) is 29.9 Å². The Hall–Kier alpha value is -1.83. The molecule has 3 rings (SSSR count). The standard InChI is InChI=1S/C17H23N5OS/c1-13-10-19-14(11-18-13)17(23)20-12-15(16-4-3-9-24-16)22-7-5-21(2)6-8-22/h3-4,9-11,15H,5-8,12H2,1-2H3,(H,20,23). The number of thiophene rings is 1. The van der Waals surface area contributed by atoms with Crippen molar-refractivity contribution < 1.29 is 4.79 Å². The molecule has 128 valence electrons. The maximum atomic E-state index is 12.3. The lowest BCUT2D eigenvalue weighted by atomic mass is 10.1. The van der Waals surface area contributed by atoms with Crippen LogP contribution in [0.1, 0.15) is 27.1 Å². The van der Waals surface area contributed by atoms with Gasteiger partial charge in [-0.3, -0.25) is 14.7 Å². The van der Waals surface area contributed by atoms with Crippen molar-refractivity contribution in [1.82, 2.24) is 25.1 Å². The molecule has 1 amide bonds. The van der Waals surface area contributed by atoms with Gasteiger partial charge in [-0.2, -0.15) is 0 Å². The lowest BCUT2D eigenvalue weighted by Crippen LogP contribution is -2.48. The number of carbonyl (C=O) groups is 1. The maximum Gasteiger partial charge on any atom is 0.271 e. The number of aryl methyl sites for hydroxylation is 1. The molecule has 0 spiro atoms. The second-order valence-electron chi connectivity index (χ2n) is 6.12. The Bertz CT molecular complexity index is 650. The van der Waals surface area contributed by atoms with Crippen LogP contribution in [-0.2, 0) is 0 Å². The molecule has 0 bridgehead atoms. The summed E-state index contributed by atoms with van der Waals surface area (Å²) in [6.07, 6.45) is 3.15. The van der Waals surface area contributed by atoms with Crippen molar-refractivity contribution in [2.24, 2.45) is 0 Å². The van der Waals surface area contributed by atoms with Crippen molar-refractivity contribution >= 4 is 17.2 Å². The Morgan fingerprint density at radius 1 is 1.29 bits per heavy atom. The van der Waals surface area contributed by atoms with E-state index in [1.807, 2.05) is 6.92 Å². The van der Waals surface area contributed by atoms with Gasteiger partial charge < -0.3 is 10.2 Å². The van der Waals surface area contributed by atoms with Gasteiger partial charge in [0.15, 0.2) is 0 Å². The lowest BCUT2D eigenvalue weighted by Gasteiger charge is -2.37. The molecule has 1 N–H and O–H groups in total. The van der Waals surface area contributed by atoms with Gasteiger partial charge in [0.25, 0.3) is 5.91 Å². The Labute approximate surface area is 146 Å². The van der Waals surface area contributed by atoms with Gasteiger partial charge in [0.05, 0.1) is 17.9 Å². The number of rotatable bonds is 5. The third-order valence-corrected chi connectivity index (χ3v) is 5.29. The molecule has 1 unspecified atom stereocenters. The molecule has 1 aliphatic heterocycles. The van der Waals surface area contributed by atoms with E-state index in [-0.39, 0.29) is 11.9 Å². The third kappa shape index (κ3) is 4.17. The molecule has 3 heterocycles. The van der Waals surface area contributed by atoms with Crippen molar-refractivity contribution in [2.75, 3.05) is 39.8 Å². The highest BCUT2D eigenvalue weighted by Gasteiger charge is 2.25. The molecule has 0 aromatic carbocycles. The summed E-state index contributed by atoms with van der Waals surface area (Å²) in [6, 6.07) is 4.42. The zero-order valence-corrected chi connectivity index (χ0v) is 14.9. The van der Waals surface area contributed by atoms with Crippen LogP contribution in [0.25, 0.3) is 0 Å². The topological polar surface area (TPSA) is 61.4 Å². The lowest BCUT2D eigenvalue weighted by molar-refractivity contribution is 0.0885. The Balaban J connectivity index is 1.66. The van der Waals surface area contributed by atoms with Gasteiger partial charge in [0.1, 0.15) is 5.69 Å². The monoisotopic (exact) mass is 345 g/mol. The number of aromatic nitrogens is 2. The minimum Gasteiger partial charge on any atom is -0.349 e. The first-order valence-electron chi connectivity index (χ1n) is 8.16. The minimum absolute atomic E-state index is 0.168. The van der Waals surface area contributed by atoms with Gasteiger partial charge in [0, 0.05) is 43.8 Å². The fraction of sp³-hybridized carbons (Fsp3) is 0.471. The van der Waals surface area contributed by atoms with Crippen LogP contribution in [0.4, 0.5) is 0 Å². The van der Waals surface area contributed by atoms with Gasteiger partial charge in [-0.25, -0.2) is 4.98 Å². The molecule has 24 heavy (non-hydrogen) atoms. The van der Waals surface area contributed by atoms with Crippen molar-refractivity contribution in [1.29, 1.82) is 0 Å². The summed E-state index contributed by atoms with van der Waals surface area (Å²) in [5.41, 5.74) is 1.17. The van der Waals surface area contributed by atoms with Crippen LogP contribution in [0.3, 0.4) is 0 Å². The fourth-order valence-corrected chi connectivity index (χ4v) is 3.67. The predicted molar refractivity (Wildman–Crippen MR) is 95.2 cm³/mol. The average Bonchev–Trinajstić information content (AvgIpc) is 3.11. The molecular formula is C17H23N5OS. The molecule has 1 fully saturated rings. The van der Waals surface area contributed by atoms with E-state index in [0.717, 1.165) is 31.9 Å². The highest BCUT2D eigenvalue weighted by atomic mass is 32.1. The largest absolute Gasteiger partial charge is 0.349 e. The summed E-state index contributed by atoms with van der Waals surface area (Å²) in [7, 11) is 2.15. The molecular weight excluding hydrogens is 322 g/mol. The van der Waals surface area contributed by atoms with Gasteiger partial charge >= 0.3 is 0 Å². The number of nitrogens with one attached hydrogen (secondary N) is 1. The number of likely N-dealkylation sites (N-methyl/N-ethyl adjacent to an activating group) is 1. The number of nitrogens with zero attached hydrogens (tertiary/aromatic N) is 4. The number of carbonyl (C=O) groups excluding carboxylic acids is 1.